The molecule has 0 aromatic heterocycles. The highest BCUT2D eigenvalue weighted by Gasteiger charge is 2.30. The van der Waals surface area contributed by atoms with Crippen molar-refractivity contribution in [1.29, 1.82) is 5.41 Å². The third-order valence-corrected chi connectivity index (χ3v) is 5.50. The van der Waals surface area contributed by atoms with Crippen LogP contribution in [0.1, 0.15) is 29.5 Å². The Kier molecular flexibility index (Phi) is 6.75. The number of nitrogens with one attached hydrogen (secondary N) is 1. The number of alkyl halides is 3. The van der Waals surface area contributed by atoms with Gasteiger partial charge in [0.2, 0.25) is 0 Å². The van der Waals surface area contributed by atoms with E-state index in [9.17, 15) is 13.2 Å². The Labute approximate surface area is 169 Å². The zero-order chi connectivity index (χ0) is 20.9. The van der Waals surface area contributed by atoms with Crippen LogP contribution in [-0.4, -0.2) is 24.2 Å². The molecule has 1 aliphatic rings. The van der Waals surface area contributed by atoms with E-state index in [2.05, 4.69) is 4.90 Å². The van der Waals surface area contributed by atoms with Crippen LogP contribution in [0.15, 0.2) is 65.9 Å². The smallest absolute Gasteiger partial charge is 0.402 e. The molecule has 2 aromatic rings. The van der Waals surface area contributed by atoms with Gasteiger partial charge in [-0.1, -0.05) is 42.5 Å². The molecule has 1 saturated heterocycles. The summed E-state index contributed by atoms with van der Waals surface area (Å²) in [6.45, 7) is 2.31. The molecule has 3 N–H and O–H groups in total. The maximum absolute atomic E-state index is 12.7. The number of piperidine rings is 1. The first-order valence-electron chi connectivity index (χ1n) is 9.78. The van der Waals surface area contributed by atoms with Gasteiger partial charge in [0.15, 0.2) is 0 Å². The van der Waals surface area contributed by atoms with Crippen LogP contribution in [0.3, 0.4) is 0 Å². The van der Waals surface area contributed by atoms with Crippen LogP contribution >= 0.6 is 0 Å². The predicted molar refractivity (Wildman–Crippen MR) is 110 cm³/mol. The fraction of sp³-hybridized carbons (Fsp3) is 0.348. The fourth-order valence-electron chi connectivity index (χ4n) is 3.77. The summed E-state index contributed by atoms with van der Waals surface area (Å²) >= 11 is 0. The van der Waals surface area contributed by atoms with Crippen LogP contribution in [0.4, 0.5) is 13.2 Å². The van der Waals surface area contributed by atoms with Gasteiger partial charge in [-0.15, -0.1) is 0 Å². The molecular weight excluding hydrogens is 375 g/mol. The van der Waals surface area contributed by atoms with Gasteiger partial charge >= 0.3 is 6.18 Å². The third-order valence-electron chi connectivity index (χ3n) is 5.50. The largest absolute Gasteiger partial charge is 0.416 e. The van der Waals surface area contributed by atoms with Crippen LogP contribution in [-0.2, 0) is 19.1 Å². The second-order valence-electron chi connectivity index (χ2n) is 7.53. The Morgan fingerprint density at radius 2 is 1.62 bits per heavy atom. The molecule has 29 heavy (non-hydrogen) atoms. The Balaban J connectivity index is 1.57. The second kappa shape index (κ2) is 9.27. The highest BCUT2D eigenvalue weighted by Crippen LogP contribution is 2.30. The van der Waals surface area contributed by atoms with Crippen LogP contribution in [0.5, 0.6) is 0 Å². The average molecular weight is 401 g/mol. The Morgan fingerprint density at radius 3 is 2.17 bits per heavy atom. The van der Waals surface area contributed by atoms with Crippen molar-refractivity contribution in [3.63, 3.8) is 0 Å². The molecule has 0 saturated carbocycles. The van der Waals surface area contributed by atoms with E-state index in [0.717, 1.165) is 60.5 Å². The lowest BCUT2D eigenvalue weighted by molar-refractivity contribution is -0.137. The van der Waals surface area contributed by atoms with Crippen molar-refractivity contribution in [2.75, 3.05) is 13.1 Å². The lowest BCUT2D eigenvalue weighted by Crippen LogP contribution is -2.35. The normalized spacial score (nSPS) is 17.1. The molecule has 0 unspecified atom stereocenters. The van der Waals surface area contributed by atoms with Crippen LogP contribution in [0.2, 0.25) is 0 Å². The van der Waals surface area contributed by atoms with Gasteiger partial charge in [-0.2, -0.15) is 13.2 Å². The molecule has 1 heterocycles. The lowest BCUT2D eigenvalue weighted by atomic mass is 9.89. The number of hydrogen-bond donors (Lipinski definition) is 2. The zero-order valence-electron chi connectivity index (χ0n) is 16.3. The number of hydrogen-bond acceptors (Lipinski definition) is 3. The quantitative estimate of drug-likeness (QED) is 0.668. The summed E-state index contributed by atoms with van der Waals surface area (Å²) in [4.78, 5) is 2.24. The molecule has 3 nitrogen and oxygen atoms in total. The van der Waals surface area contributed by atoms with Gasteiger partial charge in [0.25, 0.3) is 0 Å². The predicted octanol–water partition coefficient (Wildman–Crippen LogP) is 5.02. The van der Waals surface area contributed by atoms with E-state index < -0.39 is 11.7 Å². The SMILES string of the molecule is N=C/C(Cc1ccccc1)=C(\N)C1CCN(Cc2ccc(C(F)(F)F)cc2)CC1. The molecule has 2 aromatic carbocycles. The van der Waals surface area contributed by atoms with E-state index in [0.29, 0.717) is 13.0 Å². The number of nitrogens with zero attached hydrogens (tertiary/aromatic N) is 1. The van der Waals surface area contributed by atoms with Gasteiger partial charge in [-0.3, -0.25) is 4.90 Å². The summed E-state index contributed by atoms with van der Waals surface area (Å²) < 4.78 is 38.1. The average Bonchev–Trinajstić information content (AvgIpc) is 2.72. The van der Waals surface area contributed by atoms with E-state index in [1.807, 2.05) is 30.3 Å². The number of nitrogens with two attached hydrogens (primary N) is 1. The number of likely N-dealkylation sites (tertiary alicyclic amines) is 1. The standard InChI is InChI=1S/C23H26F3N3/c24-23(25,26)21-8-6-18(7-9-21)16-29-12-10-19(11-13-29)22(28)20(15-27)14-17-4-2-1-3-5-17/h1-9,15,19,27H,10-14,16,28H2/b22-20-,27-15?. The minimum absolute atomic E-state index is 0.235. The minimum atomic E-state index is -4.30. The van der Waals surface area contributed by atoms with Gasteiger partial charge in [0, 0.05) is 30.8 Å². The van der Waals surface area contributed by atoms with Gasteiger partial charge in [0.05, 0.1) is 5.56 Å². The van der Waals surface area contributed by atoms with E-state index in [-0.39, 0.29) is 5.92 Å². The van der Waals surface area contributed by atoms with Gasteiger partial charge in [-0.05, 0) is 54.8 Å². The van der Waals surface area contributed by atoms with E-state index >= 15 is 0 Å². The summed E-state index contributed by atoms with van der Waals surface area (Å²) in [6, 6.07) is 15.4. The summed E-state index contributed by atoms with van der Waals surface area (Å²) in [6.07, 6.45) is -0.511. The van der Waals surface area contributed by atoms with Gasteiger partial charge < -0.3 is 11.1 Å². The first kappa shape index (κ1) is 21.1. The third kappa shape index (κ3) is 5.70. The molecule has 0 radical (unpaired) electrons. The van der Waals surface area contributed by atoms with Crippen molar-refractivity contribution < 1.29 is 13.2 Å². The monoisotopic (exact) mass is 401 g/mol. The Bertz CT molecular complexity index is 834. The summed E-state index contributed by atoms with van der Waals surface area (Å²) in [7, 11) is 0. The summed E-state index contributed by atoms with van der Waals surface area (Å²) in [5.74, 6) is 0.235. The van der Waals surface area contributed by atoms with Crippen molar-refractivity contribution in [3.8, 4) is 0 Å². The maximum Gasteiger partial charge on any atom is 0.416 e. The first-order chi connectivity index (χ1) is 13.9. The molecule has 0 bridgehead atoms. The van der Waals surface area contributed by atoms with Crippen LogP contribution in [0, 0.1) is 11.3 Å². The van der Waals surface area contributed by atoms with Crippen molar-refractivity contribution in [2.45, 2.75) is 32.0 Å². The lowest BCUT2D eigenvalue weighted by Gasteiger charge is -2.33. The molecule has 154 valence electrons. The van der Waals surface area contributed by atoms with E-state index in [1.165, 1.54) is 6.21 Å². The number of benzene rings is 2. The highest BCUT2D eigenvalue weighted by molar-refractivity contribution is 5.77. The summed E-state index contributed by atoms with van der Waals surface area (Å²) in [5.41, 5.74) is 9.45. The summed E-state index contributed by atoms with van der Waals surface area (Å²) in [5, 5.41) is 7.75. The zero-order valence-corrected chi connectivity index (χ0v) is 16.3. The molecule has 0 aliphatic carbocycles. The van der Waals surface area contributed by atoms with Crippen LogP contribution in [0.25, 0.3) is 0 Å². The highest BCUT2D eigenvalue weighted by atomic mass is 19.4. The first-order valence-corrected chi connectivity index (χ1v) is 9.78. The molecule has 0 spiro atoms. The van der Waals surface area contributed by atoms with Gasteiger partial charge in [-0.25, -0.2) is 0 Å². The van der Waals surface area contributed by atoms with E-state index in [4.69, 9.17) is 11.1 Å². The molecule has 0 amide bonds. The van der Waals surface area contributed by atoms with E-state index in [1.54, 1.807) is 12.1 Å². The molecule has 0 atom stereocenters. The molecule has 1 aliphatic heterocycles. The molecular formula is C23H26F3N3. The van der Waals surface area contributed by atoms with Crippen LogP contribution < -0.4 is 5.73 Å². The Morgan fingerprint density at radius 1 is 1.00 bits per heavy atom. The van der Waals surface area contributed by atoms with Crippen molar-refractivity contribution in [3.05, 3.63) is 82.6 Å². The number of allylic oxidation sites excluding steroid dienone is 2. The van der Waals surface area contributed by atoms with Crippen molar-refractivity contribution >= 4 is 6.21 Å². The molecule has 3 rings (SSSR count). The minimum Gasteiger partial charge on any atom is -0.402 e. The molecule has 6 heteroatoms. The van der Waals surface area contributed by atoms with Crippen molar-refractivity contribution in [1.82, 2.24) is 4.90 Å². The number of halogens is 3. The maximum atomic E-state index is 12.7. The van der Waals surface area contributed by atoms with Crippen molar-refractivity contribution in [2.24, 2.45) is 11.7 Å². The topological polar surface area (TPSA) is 53.1 Å². The van der Waals surface area contributed by atoms with Gasteiger partial charge in [0.1, 0.15) is 0 Å². The molecule has 1 fully saturated rings. The fourth-order valence-corrected chi connectivity index (χ4v) is 3.77. The second-order valence-corrected chi connectivity index (χ2v) is 7.53. The number of rotatable bonds is 6. The Hall–Kier alpha value is -2.60.